The van der Waals surface area contributed by atoms with E-state index in [0.29, 0.717) is 0 Å². The zero-order chi connectivity index (χ0) is 12.6. The Kier molecular flexibility index (Phi) is 2.86. The largest absolute Gasteiger partial charge is 0.438 e. The molecule has 1 fully saturated rings. The highest BCUT2D eigenvalue weighted by Crippen LogP contribution is 2.36. The summed E-state index contributed by atoms with van der Waals surface area (Å²) in [6.07, 6.45) is 4.58. The summed E-state index contributed by atoms with van der Waals surface area (Å²) in [6.45, 7) is 5.36. The molecule has 3 heteroatoms. The van der Waals surface area contributed by atoms with E-state index < -0.39 is 0 Å². The lowest BCUT2D eigenvalue weighted by Gasteiger charge is -2.25. The van der Waals surface area contributed by atoms with Crippen molar-refractivity contribution in [3.63, 3.8) is 0 Å². The van der Waals surface area contributed by atoms with Gasteiger partial charge in [-0.3, -0.25) is 0 Å². The van der Waals surface area contributed by atoms with E-state index in [9.17, 15) is 0 Å². The minimum absolute atomic E-state index is 0.0276. The van der Waals surface area contributed by atoms with Crippen LogP contribution in [0.1, 0.15) is 44.1 Å². The predicted molar refractivity (Wildman–Crippen MR) is 72.6 cm³/mol. The molecule has 0 saturated carbocycles. The molecule has 1 N–H and O–H groups in total. The van der Waals surface area contributed by atoms with Gasteiger partial charge in [-0.2, -0.15) is 0 Å². The highest BCUT2D eigenvalue weighted by molar-refractivity contribution is 5.76. The molecule has 1 aliphatic rings. The van der Waals surface area contributed by atoms with Crippen LogP contribution in [0.3, 0.4) is 0 Å². The highest BCUT2D eigenvalue weighted by atomic mass is 16.4. The first kappa shape index (κ1) is 11.7. The smallest absolute Gasteiger partial charge is 0.215 e. The molecule has 1 saturated heterocycles. The summed E-state index contributed by atoms with van der Waals surface area (Å²) < 4.78 is 6.07. The van der Waals surface area contributed by atoms with Crippen LogP contribution in [0.4, 0.5) is 0 Å². The molecule has 0 aliphatic carbocycles. The minimum Gasteiger partial charge on any atom is -0.438 e. The Balaban J connectivity index is 2.09. The summed E-state index contributed by atoms with van der Waals surface area (Å²) >= 11 is 0. The quantitative estimate of drug-likeness (QED) is 0.897. The first-order valence-corrected chi connectivity index (χ1v) is 6.87. The molecule has 0 spiro atoms. The molecule has 96 valence electrons. The number of hydrogen-bond acceptors (Lipinski definition) is 3. The second kappa shape index (κ2) is 4.39. The van der Waals surface area contributed by atoms with Gasteiger partial charge in [0.1, 0.15) is 5.52 Å². The first-order chi connectivity index (χ1) is 8.75. The molecule has 1 aromatic carbocycles. The third-order valence-electron chi connectivity index (χ3n) is 3.94. The van der Waals surface area contributed by atoms with E-state index in [4.69, 9.17) is 9.40 Å². The predicted octanol–water partition coefficient (Wildman–Crippen LogP) is 3.52. The third-order valence-corrected chi connectivity index (χ3v) is 3.94. The van der Waals surface area contributed by atoms with E-state index in [2.05, 4.69) is 25.2 Å². The summed E-state index contributed by atoms with van der Waals surface area (Å²) in [6, 6.07) is 6.15. The van der Waals surface area contributed by atoms with E-state index in [1.54, 1.807) is 0 Å². The Hall–Kier alpha value is -1.35. The summed E-state index contributed by atoms with van der Waals surface area (Å²) in [4.78, 5) is 4.72. The average molecular weight is 244 g/mol. The Morgan fingerprint density at radius 2 is 2.33 bits per heavy atom. The fourth-order valence-corrected chi connectivity index (χ4v) is 3.03. The van der Waals surface area contributed by atoms with Crippen molar-refractivity contribution in [2.45, 2.75) is 45.1 Å². The standard InChI is InChI=1S/C15H20N2O/c1-3-8-15(9-5-10-16-15)14-17-12-7-4-6-11(2)13(12)18-14/h4,6-7,16H,3,5,8-10H2,1-2H3. The van der Waals surface area contributed by atoms with Crippen LogP contribution in [0, 0.1) is 6.92 Å². The summed E-state index contributed by atoms with van der Waals surface area (Å²) in [5.41, 5.74) is 3.06. The molecule has 0 bridgehead atoms. The topological polar surface area (TPSA) is 38.1 Å². The van der Waals surface area contributed by atoms with Crippen LogP contribution in [0.5, 0.6) is 0 Å². The van der Waals surface area contributed by atoms with Gasteiger partial charge in [0.2, 0.25) is 5.89 Å². The molecule has 3 rings (SSSR count). The van der Waals surface area contributed by atoms with Crippen molar-refractivity contribution in [3.8, 4) is 0 Å². The van der Waals surface area contributed by atoms with Gasteiger partial charge in [-0.1, -0.05) is 25.5 Å². The Bertz CT molecular complexity index is 553. The van der Waals surface area contributed by atoms with Crippen LogP contribution in [-0.4, -0.2) is 11.5 Å². The van der Waals surface area contributed by atoms with Crippen molar-refractivity contribution in [1.82, 2.24) is 10.3 Å². The fraction of sp³-hybridized carbons (Fsp3) is 0.533. The van der Waals surface area contributed by atoms with Gasteiger partial charge in [0.05, 0.1) is 5.54 Å². The van der Waals surface area contributed by atoms with Crippen LogP contribution < -0.4 is 5.32 Å². The number of fused-ring (bicyclic) bond motifs is 1. The van der Waals surface area contributed by atoms with E-state index in [1.165, 1.54) is 6.42 Å². The van der Waals surface area contributed by atoms with Crippen molar-refractivity contribution in [2.75, 3.05) is 6.54 Å². The van der Waals surface area contributed by atoms with Crippen LogP contribution in [0.25, 0.3) is 11.1 Å². The molecule has 18 heavy (non-hydrogen) atoms. The van der Waals surface area contributed by atoms with Gasteiger partial charge in [0.15, 0.2) is 5.58 Å². The normalized spacial score (nSPS) is 23.9. The molecule has 1 atom stereocenters. The molecule has 3 nitrogen and oxygen atoms in total. The number of para-hydroxylation sites is 1. The maximum Gasteiger partial charge on any atom is 0.215 e. The lowest BCUT2D eigenvalue weighted by Crippen LogP contribution is -2.36. The zero-order valence-electron chi connectivity index (χ0n) is 11.1. The van der Waals surface area contributed by atoms with Crippen LogP contribution in [-0.2, 0) is 5.54 Å². The Morgan fingerprint density at radius 1 is 1.44 bits per heavy atom. The van der Waals surface area contributed by atoms with Gasteiger partial charge in [0, 0.05) is 0 Å². The van der Waals surface area contributed by atoms with E-state index >= 15 is 0 Å². The van der Waals surface area contributed by atoms with Crippen molar-refractivity contribution >= 4 is 11.1 Å². The Morgan fingerprint density at radius 3 is 3.00 bits per heavy atom. The first-order valence-electron chi connectivity index (χ1n) is 6.87. The fourth-order valence-electron chi connectivity index (χ4n) is 3.03. The van der Waals surface area contributed by atoms with Crippen LogP contribution >= 0.6 is 0 Å². The summed E-state index contributed by atoms with van der Waals surface area (Å²) in [5.74, 6) is 0.881. The average Bonchev–Trinajstić information content (AvgIpc) is 2.97. The number of nitrogens with zero attached hydrogens (tertiary/aromatic N) is 1. The van der Waals surface area contributed by atoms with Crippen LogP contribution in [0.15, 0.2) is 22.6 Å². The maximum atomic E-state index is 6.07. The summed E-state index contributed by atoms with van der Waals surface area (Å²) in [5, 5.41) is 3.61. The molecular formula is C15H20N2O. The van der Waals surface area contributed by atoms with Gasteiger partial charge in [0.25, 0.3) is 0 Å². The van der Waals surface area contributed by atoms with Gasteiger partial charge >= 0.3 is 0 Å². The number of nitrogens with one attached hydrogen (secondary N) is 1. The maximum absolute atomic E-state index is 6.07. The number of aryl methyl sites for hydroxylation is 1. The van der Waals surface area contributed by atoms with E-state index in [0.717, 1.165) is 48.4 Å². The molecule has 1 unspecified atom stereocenters. The minimum atomic E-state index is -0.0276. The lowest BCUT2D eigenvalue weighted by molar-refractivity contribution is 0.279. The number of aromatic nitrogens is 1. The van der Waals surface area contributed by atoms with Gasteiger partial charge in [-0.15, -0.1) is 0 Å². The van der Waals surface area contributed by atoms with Crippen molar-refractivity contribution < 1.29 is 4.42 Å². The second-order valence-corrected chi connectivity index (χ2v) is 5.30. The van der Waals surface area contributed by atoms with E-state index in [-0.39, 0.29) is 5.54 Å². The number of oxazole rings is 1. The van der Waals surface area contributed by atoms with Crippen LogP contribution in [0.2, 0.25) is 0 Å². The molecule has 1 aliphatic heterocycles. The zero-order valence-corrected chi connectivity index (χ0v) is 11.1. The lowest BCUT2D eigenvalue weighted by atomic mass is 9.92. The monoisotopic (exact) mass is 244 g/mol. The third kappa shape index (κ3) is 1.74. The molecule has 0 radical (unpaired) electrons. The van der Waals surface area contributed by atoms with Gasteiger partial charge < -0.3 is 9.73 Å². The number of rotatable bonds is 3. The summed E-state index contributed by atoms with van der Waals surface area (Å²) in [7, 11) is 0. The highest BCUT2D eigenvalue weighted by Gasteiger charge is 2.39. The molecular weight excluding hydrogens is 224 g/mol. The number of benzene rings is 1. The molecule has 2 aromatic rings. The van der Waals surface area contributed by atoms with E-state index in [1.807, 2.05) is 12.1 Å². The molecule has 0 amide bonds. The van der Waals surface area contributed by atoms with Gasteiger partial charge in [-0.25, -0.2) is 4.98 Å². The molecule has 2 heterocycles. The van der Waals surface area contributed by atoms with Crippen molar-refractivity contribution in [3.05, 3.63) is 29.7 Å². The second-order valence-electron chi connectivity index (χ2n) is 5.30. The Labute approximate surface area is 108 Å². The molecule has 1 aromatic heterocycles. The van der Waals surface area contributed by atoms with Gasteiger partial charge in [-0.05, 0) is 44.4 Å². The van der Waals surface area contributed by atoms with Crippen molar-refractivity contribution in [1.29, 1.82) is 0 Å². The SMILES string of the molecule is CCCC1(c2nc3cccc(C)c3o2)CCCN1. The van der Waals surface area contributed by atoms with Crippen molar-refractivity contribution in [2.24, 2.45) is 0 Å². The number of hydrogen-bond donors (Lipinski definition) is 1.